The summed E-state index contributed by atoms with van der Waals surface area (Å²) in [7, 11) is -1.38. The highest BCUT2D eigenvalue weighted by atomic mass is 35.7. The zero-order valence-electron chi connectivity index (χ0n) is 6.64. The molecule has 0 aromatic rings. The maximum Gasteiger partial charge on any atom is 0.375 e. The first-order chi connectivity index (χ1) is 5.39. The van der Waals surface area contributed by atoms with Crippen molar-refractivity contribution in [3.63, 3.8) is 0 Å². The molecule has 0 atom stereocenters. The van der Waals surface area contributed by atoms with Gasteiger partial charge in [0.2, 0.25) is 0 Å². The van der Waals surface area contributed by atoms with E-state index in [0.717, 1.165) is 21.3 Å². The summed E-state index contributed by atoms with van der Waals surface area (Å²) in [5.41, 5.74) is 0. The van der Waals surface area contributed by atoms with Gasteiger partial charge in [0, 0.05) is 0 Å². The summed E-state index contributed by atoms with van der Waals surface area (Å²) in [5, 5.41) is 0. The van der Waals surface area contributed by atoms with Crippen molar-refractivity contribution in [2.45, 2.75) is 0 Å². The summed E-state index contributed by atoms with van der Waals surface area (Å²) in [5.74, 6) is 0. The molecule has 0 bridgehead atoms. The van der Waals surface area contributed by atoms with Crippen LogP contribution in [0.1, 0.15) is 0 Å². The van der Waals surface area contributed by atoms with Crippen LogP contribution in [-0.2, 0) is 16.3 Å². The Bertz CT molecular complexity index is 123. The second kappa shape index (κ2) is 4.56. The summed E-state index contributed by atoms with van der Waals surface area (Å²) in [6.07, 6.45) is 0. The minimum absolute atomic E-state index is 1.09. The van der Waals surface area contributed by atoms with Gasteiger partial charge in [-0.2, -0.15) is 14.0 Å². The van der Waals surface area contributed by atoms with Gasteiger partial charge in [0.25, 0.3) is 0 Å². The van der Waals surface area contributed by atoms with E-state index in [9.17, 15) is 14.0 Å². The van der Waals surface area contributed by atoms with Crippen LogP contribution >= 0.6 is 11.2 Å². The zero-order chi connectivity index (χ0) is 9.83. The maximum absolute atomic E-state index is 10.1. The van der Waals surface area contributed by atoms with Gasteiger partial charge in [-0.25, -0.2) is 0 Å². The predicted molar refractivity (Wildman–Crippen MR) is 29.7 cm³/mol. The fourth-order valence-corrected chi connectivity index (χ4v) is 2.16. The van der Waals surface area contributed by atoms with Gasteiger partial charge in [-0.15, -0.1) is 0 Å². The van der Waals surface area contributed by atoms with Gasteiger partial charge in [0.05, 0.1) is 21.3 Å². The van der Waals surface area contributed by atoms with E-state index in [0.29, 0.717) is 0 Å². The van der Waals surface area contributed by atoms with Gasteiger partial charge >= 0.3 is 11.2 Å². The number of hydrogen-bond donors (Lipinski definition) is 0. The lowest BCUT2D eigenvalue weighted by Gasteiger charge is -2.26. The van der Waals surface area contributed by atoms with E-state index in [2.05, 4.69) is 16.3 Å². The number of halogens is 1. The Labute approximate surface area is 73.7 Å². The Hall–Kier alpha value is 0.360. The number of hydrogen-bond acceptors (Lipinski definition) is 7. The average Bonchev–Trinajstić information content (AvgIpc) is 1.99. The van der Waals surface area contributed by atoms with Gasteiger partial charge in [-0.1, -0.05) is 0 Å². The largest absolute Gasteiger partial charge is 0.375 e. The molecular weight excluding hydrogens is 216 g/mol. The van der Waals surface area contributed by atoms with Crippen LogP contribution in [0.15, 0.2) is 0 Å². The highest BCUT2D eigenvalue weighted by molar-refractivity contribution is 8.17. The predicted octanol–water partition coefficient (Wildman–Crippen LogP) is -2.70. The molecule has 0 heterocycles. The van der Waals surface area contributed by atoms with Gasteiger partial charge in [-0.05, 0) is 0 Å². The second-order valence-electron chi connectivity index (χ2n) is 1.35. The van der Waals surface area contributed by atoms with Gasteiger partial charge in [0.15, 0.2) is 3.74 Å². The van der Waals surface area contributed by atoms with Crippen molar-refractivity contribution < 1.29 is 40.5 Å². The van der Waals surface area contributed by atoms with Crippen LogP contribution < -0.4 is 14.0 Å². The van der Waals surface area contributed by atoms with Crippen molar-refractivity contribution in [3.8, 4) is 0 Å². The Balaban J connectivity index is 4.30. The minimum Gasteiger partial charge on any atom is -0.264 e. The molecule has 76 valence electrons. The van der Waals surface area contributed by atoms with E-state index in [-0.39, 0.29) is 0 Å². The summed E-state index contributed by atoms with van der Waals surface area (Å²) >= 11 is -3.18. The molecule has 0 aliphatic carbocycles. The van der Waals surface area contributed by atoms with E-state index >= 15 is 0 Å². The third kappa shape index (κ3) is 3.85. The molecule has 0 aliphatic rings. The van der Waals surface area contributed by atoms with Crippen molar-refractivity contribution in [1.29, 1.82) is 0 Å². The Morgan fingerprint density at radius 3 is 1.33 bits per heavy atom. The van der Waals surface area contributed by atoms with Crippen LogP contribution in [0.2, 0.25) is 0 Å². The van der Waals surface area contributed by atoms with Crippen LogP contribution in [0, 0.1) is 10.2 Å². The SMILES string of the molecule is COS(OC)(OC)O[Cl+3]([O-])([O-])[O-]. The average molecular weight is 225 g/mol. The van der Waals surface area contributed by atoms with Crippen molar-refractivity contribution in [1.82, 2.24) is 0 Å². The molecule has 7 nitrogen and oxygen atoms in total. The lowest BCUT2D eigenvalue weighted by atomic mass is 11.8. The third-order valence-electron chi connectivity index (χ3n) is 0.767. The van der Waals surface area contributed by atoms with E-state index in [1.165, 1.54) is 0 Å². The molecular formula is C3H9ClO7S. The molecule has 0 radical (unpaired) electrons. The highest BCUT2D eigenvalue weighted by Gasteiger charge is 2.43. The topological polar surface area (TPSA) is 106 Å². The molecule has 0 saturated heterocycles. The molecule has 0 N–H and O–H groups in total. The molecule has 9 heteroatoms. The van der Waals surface area contributed by atoms with Crippen molar-refractivity contribution in [2.75, 3.05) is 21.3 Å². The Morgan fingerprint density at radius 2 is 1.25 bits per heavy atom. The third-order valence-corrected chi connectivity index (χ3v) is 3.23. The molecule has 0 amide bonds. The molecule has 0 spiro atoms. The second-order valence-corrected chi connectivity index (χ2v) is 4.43. The maximum atomic E-state index is 10.1. The summed E-state index contributed by atoms with van der Waals surface area (Å²) < 4.78 is 47.5. The molecule has 0 saturated carbocycles. The fourth-order valence-electron chi connectivity index (χ4n) is 0.376. The van der Waals surface area contributed by atoms with Crippen molar-refractivity contribution in [3.05, 3.63) is 0 Å². The molecule has 0 aliphatic heterocycles. The van der Waals surface area contributed by atoms with E-state index < -0.39 is 21.4 Å². The molecule has 0 aromatic carbocycles. The summed E-state index contributed by atoms with van der Waals surface area (Å²) in [6.45, 7) is 0. The van der Waals surface area contributed by atoms with E-state index in [4.69, 9.17) is 0 Å². The van der Waals surface area contributed by atoms with Crippen LogP contribution in [0.3, 0.4) is 0 Å². The van der Waals surface area contributed by atoms with Crippen LogP contribution in [-0.4, -0.2) is 21.3 Å². The zero-order valence-corrected chi connectivity index (χ0v) is 8.22. The van der Waals surface area contributed by atoms with Crippen LogP contribution in [0.5, 0.6) is 0 Å². The first-order valence-corrected chi connectivity index (χ1v) is 5.08. The van der Waals surface area contributed by atoms with E-state index in [1.54, 1.807) is 0 Å². The minimum atomic E-state index is -4.64. The first kappa shape index (κ1) is 12.4. The lowest BCUT2D eigenvalue weighted by Crippen LogP contribution is -2.61. The monoisotopic (exact) mass is 224 g/mol. The molecule has 0 rings (SSSR count). The molecule has 0 fully saturated rings. The van der Waals surface area contributed by atoms with Crippen molar-refractivity contribution >= 4 is 11.2 Å². The lowest BCUT2D eigenvalue weighted by molar-refractivity contribution is -1.91. The van der Waals surface area contributed by atoms with Gasteiger partial charge < -0.3 is 0 Å². The molecule has 0 aromatic heterocycles. The number of rotatable bonds is 5. The smallest absolute Gasteiger partial charge is 0.264 e. The highest BCUT2D eigenvalue weighted by Crippen LogP contribution is 2.51. The summed E-state index contributed by atoms with van der Waals surface area (Å²) in [4.78, 5) is 0. The normalized spacial score (nSPS) is 14.8. The Morgan fingerprint density at radius 1 is 0.917 bits per heavy atom. The fraction of sp³-hybridized carbons (Fsp3) is 1.00. The quantitative estimate of drug-likeness (QED) is 0.500. The van der Waals surface area contributed by atoms with Gasteiger partial charge in [0.1, 0.15) is 10.2 Å². The standard InChI is InChI=1S/C3H9ClO7S/c1-8-12(9-2,10-3)11-4(5,6)7/h1-3H3. The summed E-state index contributed by atoms with van der Waals surface area (Å²) in [6, 6.07) is 0. The van der Waals surface area contributed by atoms with Crippen LogP contribution in [0.25, 0.3) is 0 Å². The van der Waals surface area contributed by atoms with Crippen molar-refractivity contribution in [2.24, 2.45) is 0 Å². The van der Waals surface area contributed by atoms with Gasteiger partial charge in [-0.3, -0.25) is 12.5 Å². The first-order valence-electron chi connectivity index (χ1n) is 2.51. The molecule has 0 unspecified atom stereocenters. The molecule has 12 heavy (non-hydrogen) atoms. The van der Waals surface area contributed by atoms with E-state index in [1.807, 2.05) is 0 Å². The Kier molecular flexibility index (Phi) is 4.69. The van der Waals surface area contributed by atoms with Crippen LogP contribution in [0.4, 0.5) is 0 Å².